The molecule has 0 aliphatic carbocycles. The average Bonchev–Trinajstić information content (AvgIpc) is 2.59. The molecule has 1 aliphatic rings. The number of hydrogen-bond donors (Lipinski definition) is 2. The Bertz CT molecular complexity index is 643. The van der Waals surface area contributed by atoms with Crippen LogP contribution in [0.25, 0.3) is 10.8 Å². The molecule has 4 heteroatoms. The Morgan fingerprint density at radius 1 is 1.14 bits per heavy atom. The third-order valence-electron chi connectivity index (χ3n) is 4.47. The summed E-state index contributed by atoms with van der Waals surface area (Å²) in [5.74, 6) is 0.349. The van der Waals surface area contributed by atoms with Crippen molar-refractivity contribution < 1.29 is 9.90 Å². The van der Waals surface area contributed by atoms with Crippen molar-refractivity contribution in [1.82, 2.24) is 10.2 Å². The lowest BCUT2D eigenvalue weighted by atomic mass is 9.98. The minimum atomic E-state index is -0.00989. The van der Waals surface area contributed by atoms with Crippen LogP contribution in [0.3, 0.4) is 0 Å². The second kappa shape index (κ2) is 6.79. The Labute approximate surface area is 130 Å². The first kappa shape index (κ1) is 14.9. The second-order valence-corrected chi connectivity index (χ2v) is 5.91. The molecule has 22 heavy (non-hydrogen) atoms. The van der Waals surface area contributed by atoms with E-state index >= 15 is 0 Å². The van der Waals surface area contributed by atoms with Gasteiger partial charge in [0.15, 0.2) is 0 Å². The fourth-order valence-electron chi connectivity index (χ4n) is 3.05. The van der Waals surface area contributed by atoms with E-state index in [0.717, 1.165) is 31.5 Å². The van der Waals surface area contributed by atoms with E-state index in [9.17, 15) is 4.79 Å². The lowest BCUT2D eigenvalue weighted by Gasteiger charge is -2.31. The first-order valence-electron chi connectivity index (χ1n) is 7.88. The van der Waals surface area contributed by atoms with Gasteiger partial charge in [-0.1, -0.05) is 42.5 Å². The van der Waals surface area contributed by atoms with Crippen LogP contribution in [0.4, 0.5) is 4.79 Å². The number of carbonyl (C=O) groups excluding carboxylic acids is 1. The number of carbonyl (C=O) groups is 1. The predicted molar refractivity (Wildman–Crippen MR) is 87.6 cm³/mol. The summed E-state index contributed by atoms with van der Waals surface area (Å²) in [4.78, 5) is 14.1. The topological polar surface area (TPSA) is 52.6 Å². The van der Waals surface area contributed by atoms with Crippen LogP contribution in [0.15, 0.2) is 42.5 Å². The third-order valence-corrected chi connectivity index (χ3v) is 4.47. The Balaban J connectivity index is 1.61. The van der Waals surface area contributed by atoms with Crippen molar-refractivity contribution in [3.05, 3.63) is 48.0 Å². The largest absolute Gasteiger partial charge is 0.396 e. The van der Waals surface area contributed by atoms with Crippen LogP contribution in [-0.4, -0.2) is 35.7 Å². The zero-order chi connectivity index (χ0) is 15.4. The smallest absolute Gasteiger partial charge is 0.317 e. The molecule has 1 aliphatic heterocycles. The lowest BCUT2D eigenvalue weighted by Crippen LogP contribution is -2.44. The fraction of sp³-hybridized carbons (Fsp3) is 0.389. The molecule has 3 rings (SSSR count). The molecule has 2 amide bonds. The average molecular weight is 298 g/mol. The quantitative estimate of drug-likeness (QED) is 0.915. The van der Waals surface area contributed by atoms with Gasteiger partial charge in [-0.3, -0.25) is 0 Å². The van der Waals surface area contributed by atoms with Crippen LogP contribution in [-0.2, 0) is 6.54 Å². The van der Waals surface area contributed by atoms with Gasteiger partial charge in [0.05, 0.1) is 0 Å². The van der Waals surface area contributed by atoms with Gasteiger partial charge in [-0.25, -0.2) is 4.79 Å². The van der Waals surface area contributed by atoms with Gasteiger partial charge < -0.3 is 15.3 Å². The molecular formula is C18H22N2O2. The number of fused-ring (bicyclic) bond motifs is 1. The number of piperidine rings is 1. The summed E-state index contributed by atoms with van der Waals surface area (Å²) in [5, 5.41) is 14.5. The molecule has 0 unspecified atom stereocenters. The van der Waals surface area contributed by atoms with E-state index < -0.39 is 0 Å². The zero-order valence-corrected chi connectivity index (χ0v) is 12.7. The number of urea groups is 1. The highest BCUT2D eigenvalue weighted by Crippen LogP contribution is 2.19. The molecule has 1 heterocycles. The zero-order valence-electron chi connectivity index (χ0n) is 12.7. The van der Waals surface area contributed by atoms with Crippen molar-refractivity contribution in [2.24, 2.45) is 5.92 Å². The molecule has 116 valence electrons. The maximum atomic E-state index is 12.3. The molecule has 0 bridgehead atoms. The maximum absolute atomic E-state index is 12.3. The summed E-state index contributed by atoms with van der Waals surface area (Å²) in [6.07, 6.45) is 1.77. The van der Waals surface area contributed by atoms with Gasteiger partial charge >= 0.3 is 6.03 Å². The number of aliphatic hydroxyl groups is 1. The summed E-state index contributed by atoms with van der Waals surface area (Å²) in [6, 6.07) is 14.4. The number of amides is 2. The van der Waals surface area contributed by atoms with E-state index in [1.165, 1.54) is 10.8 Å². The minimum Gasteiger partial charge on any atom is -0.396 e. The number of nitrogens with zero attached hydrogens (tertiary/aromatic N) is 1. The van der Waals surface area contributed by atoms with Gasteiger partial charge in [0.2, 0.25) is 0 Å². The van der Waals surface area contributed by atoms with E-state index in [1.807, 2.05) is 23.1 Å². The SMILES string of the molecule is O=C(NCc1cccc2ccccc12)N1CCC(CO)CC1. The van der Waals surface area contributed by atoms with Gasteiger partial charge in [-0.15, -0.1) is 0 Å². The van der Waals surface area contributed by atoms with Crippen molar-refractivity contribution in [2.75, 3.05) is 19.7 Å². The Morgan fingerprint density at radius 2 is 1.86 bits per heavy atom. The highest BCUT2D eigenvalue weighted by atomic mass is 16.3. The van der Waals surface area contributed by atoms with Crippen molar-refractivity contribution in [3.8, 4) is 0 Å². The van der Waals surface area contributed by atoms with Gasteiger partial charge in [0.25, 0.3) is 0 Å². The molecule has 1 saturated heterocycles. The van der Waals surface area contributed by atoms with Crippen molar-refractivity contribution in [1.29, 1.82) is 0 Å². The van der Waals surface area contributed by atoms with Crippen LogP contribution in [0.5, 0.6) is 0 Å². The van der Waals surface area contributed by atoms with E-state index in [-0.39, 0.29) is 12.6 Å². The minimum absolute atomic E-state index is 0.00989. The molecule has 2 aromatic rings. The summed E-state index contributed by atoms with van der Waals surface area (Å²) in [6.45, 7) is 2.23. The van der Waals surface area contributed by atoms with Crippen LogP contribution < -0.4 is 5.32 Å². The monoisotopic (exact) mass is 298 g/mol. The molecule has 0 radical (unpaired) electrons. The summed E-state index contributed by atoms with van der Waals surface area (Å²) in [5.41, 5.74) is 1.14. The molecule has 2 aromatic carbocycles. The van der Waals surface area contributed by atoms with Crippen LogP contribution in [0, 0.1) is 5.92 Å². The normalized spacial score (nSPS) is 16.0. The van der Waals surface area contributed by atoms with E-state index in [1.54, 1.807) is 0 Å². The van der Waals surface area contributed by atoms with Crippen LogP contribution in [0.1, 0.15) is 18.4 Å². The Kier molecular flexibility index (Phi) is 4.59. The summed E-state index contributed by atoms with van der Waals surface area (Å²) < 4.78 is 0. The van der Waals surface area contributed by atoms with Crippen molar-refractivity contribution >= 4 is 16.8 Å². The second-order valence-electron chi connectivity index (χ2n) is 5.91. The highest BCUT2D eigenvalue weighted by molar-refractivity contribution is 5.86. The highest BCUT2D eigenvalue weighted by Gasteiger charge is 2.21. The standard InChI is InChI=1S/C18H22N2O2/c21-13-14-8-10-20(11-9-14)18(22)19-12-16-6-3-5-15-4-1-2-7-17(15)16/h1-7,14,21H,8-13H2,(H,19,22). The van der Waals surface area contributed by atoms with Gasteiger partial charge in [0.1, 0.15) is 0 Å². The molecule has 1 fully saturated rings. The maximum Gasteiger partial charge on any atom is 0.317 e. The van der Waals surface area contributed by atoms with Crippen LogP contribution in [0.2, 0.25) is 0 Å². The molecule has 0 spiro atoms. The number of benzene rings is 2. The Hall–Kier alpha value is -2.07. The van der Waals surface area contributed by atoms with Gasteiger partial charge in [-0.05, 0) is 35.1 Å². The Morgan fingerprint density at radius 3 is 2.64 bits per heavy atom. The fourth-order valence-corrected chi connectivity index (χ4v) is 3.05. The number of hydrogen-bond acceptors (Lipinski definition) is 2. The first-order valence-corrected chi connectivity index (χ1v) is 7.88. The van der Waals surface area contributed by atoms with E-state index in [2.05, 4.69) is 29.6 Å². The van der Waals surface area contributed by atoms with Crippen molar-refractivity contribution in [2.45, 2.75) is 19.4 Å². The van der Waals surface area contributed by atoms with Crippen molar-refractivity contribution in [3.63, 3.8) is 0 Å². The third kappa shape index (κ3) is 3.22. The number of nitrogens with one attached hydrogen (secondary N) is 1. The number of aliphatic hydroxyl groups excluding tert-OH is 1. The summed E-state index contributed by atoms with van der Waals surface area (Å²) in [7, 11) is 0. The van der Waals surface area contributed by atoms with E-state index in [4.69, 9.17) is 5.11 Å². The molecule has 2 N–H and O–H groups in total. The molecule has 4 nitrogen and oxygen atoms in total. The molecular weight excluding hydrogens is 276 g/mol. The van der Waals surface area contributed by atoms with Gasteiger partial charge in [-0.2, -0.15) is 0 Å². The summed E-state index contributed by atoms with van der Waals surface area (Å²) >= 11 is 0. The molecule has 0 saturated carbocycles. The number of likely N-dealkylation sites (tertiary alicyclic amines) is 1. The van der Waals surface area contributed by atoms with E-state index in [0.29, 0.717) is 12.5 Å². The number of rotatable bonds is 3. The molecule has 0 atom stereocenters. The van der Waals surface area contributed by atoms with Crippen LogP contribution >= 0.6 is 0 Å². The molecule has 0 aromatic heterocycles. The predicted octanol–water partition coefficient (Wildman–Crippen LogP) is 2.75. The van der Waals surface area contributed by atoms with Gasteiger partial charge in [0, 0.05) is 26.2 Å². The lowest BCUT2D eigenvalue weighted by molar-refractivity contribution is 0.137. The first-order chi connectivity index (χ1) is 10.8.